The monoisotopic (exact) mass is 335 g/mol. The first-order valence-corrected chi connectivity index (χ1v) is 7.83. The Labute approximate surface area is 143 Å². The molecule has 1 aliphatic rings. The van der Waals surface area contributed by atoms with Gasteiger partial charge in [0.25, 0.3) is 5.91 Å². The van der Waals surface area contributed by atoms with E-state index in [1.807, 2.05) is 20.8 Å². The topological polar surface area (TPSA) is 121 Å². The van der Waals surface area contributed by atoms with Crippen molar-refractivity contribution in [2.45, 2.75) is 46.1 Å². The van der Waals surface area contributed by atoms with E-state index in [1.165, 1.54) is 0 Å². The van der Waals surface area contributed by atoms with Crippen LogP contribution in [0.5, 0.6) is 0 Å². The molecule has 0 aromatic rings. The Morgan fingerprint density at radius 3 is 2.33 bits per heavy atom. The van der Waals surface area contributed by atoms with Crippen molar-refractivity contribution in [1.82, 2.24) is 15.8 Å². The lowest BCUT2D eigenvalue weighted by atomic mass is 10.0. The Morgan fingerprint density at radius 1 is 1.33 bits per heavy atom. The van der Waals surface area contributed by atoms with Crippen LogP contribution in [0.25, 0.3) is 0 Å². The van der Waals surface area contributed by atoms with E-state index in [0.717, 1.165) is 29.1 Å². The molecule has 1 fully saturated rings. The summed E-state index contributed by atoms with van der Waals surface area (Å²) in [5, 5.41) is 11.0. The molecule has 0 aromatic heterocycles. The molecule has 134 valence electrons. The number of rotatable bonds is 8. The molecule has 1 saturated carbocycles. The first kappa shape index (κ1) is 19.7. The van der Waals surface area contributed by atoms with Crippen LogP contribution in [0.2, 0.25) is 0 Å². The van der Waals surface area contributed by atoms with Gasteiger partial charge in [-0.05, 0) is 47.3 Å². The lowest BCUT2D eigenvalue weighted by molar-refractivity contribution is -0.117. The number of amides is 1. The zero-order valence-electron chi connectivity index (χ0n) is 15.2. The third-order valence-electron chi connectivity index (χ3n) is 3.75. The molecule has 0 aromatic carbocycles. The zero-order valence-corrected chi connectivity index (χ0v) is 15.2. The molecule has 24 heavy (non-hydrogen) atoms. The molecule has 0 radical (unpaired) electrons. The second kappa shape index (κ2) is 7.96. The Hall–Kier alpha value is -2.35. The Balaban J connectivity index is 2.95. The van der Waals surface area contributed by atoms with E-state index < -0.39 is 0 Å². The van der Waals surface area contributed by atoms with Crippen LogP contribution < -0.4 is 22.2 Å². The molecule has 8 nitrogen and oxygen atoms in total. The predicted octanol–water partition coefficient (Wildman–Crippen LogP) is 0.591. The fourth-order valence-corrected chi connectivity index (χ4v) is 2.24. The van der Waals surface area contributed by atoms with Gasteiger partial charge in [0.1, 0.15) is 11.7 Å². The number of nitrogens with one attached hydrogen (secondary N) is 2. The number of nitrogens with zero attached hydrogens (tertiary/aromatic N) is 3. The van der Waals surface area contributed by atoms with Crippen LogP contribution in [0.1, 0.15) is 40.5 Å². The predicted molar refractivity (Wildman–Crippen MR) is 98.0 cm³/mol. The van der Waals surface area contributed by atoms with Gasteiger partial charge < -0.3 is 16.4 Å². The van der Waals surface area contributed by atoms with Gasteiger partial charge in [0.05, 0.1) is 6.54 Å². The van der Waals surface area contributed by atoms with Gasteiger partial charge in [-0.15, -0.1) is 5.10 Å². The molecular weight excluding hydrogens is 306 g/mol. The Kier molecular flexibility index (Phi) is 6.53. The molecule has 0 heterocycles. The van der Waals surface area contributed by atoms with Crippen molar-refractivity contribution in [2.24, 2.45) is 21.7 Å². The maximum atomic E-state index is 12.6. The standard InChI is InChI=1S/C16H29N7O/c1-10(2)13(15(24)20-9-12(17)22-23(6)18)11(3)14(19-5)21-16(4)7-8-16/h21H,5,7-9,18H2,1-4,6H3,(H2,17,22)(H,20,24)/b14-11-. The molecule has 6 N–H and O–H groups in total. The van der Waals surface area contributed by atoms with Crippen molar-refractivity contribution in [2.75, 3.05) is 13.6 Å². The van der Waals surface area contributed by atoms with Gasteiger partial charge in [-0.1, -0.05) is 5.57 Å². The number of hydrogen-bond donors (Lipinski definition) is 4. The first-order chi connectivity index (χ1) is 11.1. The highest BCUT2D eigenvalue weighted by Gasteiger charge is 2.38. The number of hydrazone groups is 1. The van der Waals surface area contributed by atoms with Crippen LogP contribution in [0, 0.1) is 0 Å². The highest BCUT2D eigenvalue weighted by atomic mass is 16.1. The third kappa shape index (κ3) is 5.69. The van der Waals surface area contributed by atoms with Crippen molar-refractivity contribution in [3.8, 4) is 0 Å². The van der Waals surface area contributed by atoms with Crippen molar-refractivity contribution in [3.05, 3.63) is 22.5 Å². The van der Waals surface area contributed by atoms with E-state index in [0.29, 0.717) is 11.4 Å². The van der Waals surface area contributed by atoms with Crippen LogP contribution in [-0.2, 0) is 4.79 Å². The average Bonchev–Trinajstić information content (AvgIpc) is 3.19. The minimum absolute atomic E-state index is 0.0454. The van der Waals surface area contributed by atoms with E-state index in [1.54, 1.807) is 7.05 Å². The first-order valence-electron chi connectivity index (χ1n) is 7.83. The summed E-state index contributed by atoms with van der Waals surface area (Å²) in [7, 11) is 1.55. The molecule has 0 bridgehead atoms. The highest BCUT2D eigenvalue weighted by Crippen LogP contribution is 2.36. The highest BCUT2D eigenvalue weighted by molar-refractivity contribution is 6.00. The molecule has 0 spiro atoms. The quantitative estimate of drug-likeness (QED) is 0.129. The van der Waals surface area contributed by atoms with Gasteiger partial charge in [-0.3, -0.25) is 4.79 Å². The number of carbonyl (C=O) groups is 1. The van der Waals surface area contributed by atoms with Crippen LogP contribution in [-0.4, -0.2) is 42.7 Å². The molecule has 1 aliphatic carbocycles. The van der Waals surface area contributed by atoms with Gasteiger partial charge in [-0.2, -0.15) is 0 Å². The fraction of sp³-hybridized carbons (Fsp3) is 0.562. The fourth-order valence-electron chi connectivity index (χ4n) is 2.24. The average molecular weight is 335 g/mol. The number of carbonyl (C=O) groups excluding carboxylic acids is 1. The van der Waals surface area contributed by atoms with Gasteiger partial charge in [-0.25, -0.2) is 16.0 Å². The maximum Gasteiger partial charge on any atom is 0.251 e. The summed E-state index contributed by atoms with van der Waals surface area (Å²) in [5.41, 5.74) is 7.93. The SMILES string of the molecule is C=N/C(NC1(C)CC1)=C(\C)C(C(=O)NC/C(N)=N/N(C)N)=C(C)C. The van der Waals surface area contributed by atoms with Crippen molar-refractivity contribution >= 4 is 18.5 Å². The molecule has 1 rings (SSSR count). The summed E-state index contributed by atoms with van der Waals surface area (Å²) in [6, 6.07) is 0. The number of amidine groups is 1. The van der Waals surface area contributed by atoms with E-state index in [9.17, 15) is 4.79 Å². The zero-order chi connectivity index (χ0) is 18.5. The lowest BCUT2D eigenvalue weighted by Crippen LogP contribution is -2.37. The number of hydrogen-bond acceptors (Lipinski definition) is 6. The summed E-state index contributed by atoms with van der Waals surface area (Å²) in [4.78, 5) is 16.6. The van der Waals surface area contributed by atoms with Crippen molar-refractivity contribution in [3.63, 3.8) is 0 Å². The van der Waals surface area contributed by atoms with Gasteiger partial charge in [0.2, 0.25) is 0 Å². The second-order valence-electron chi connectivity index (χ2n) is 6.54. The van der Waals surface area contributed by atoms with Gasteiger partial charge >= 0.3 is 0 Å². The minimum atomic E-state index is -0.241. The summed E-state index contributed by atoms with van der Waals surface area (Å²) < 4.78 is 0. The Bertz CT molecular complexity index is 594. The van der Waals surface area contributed by atoms with E-state index in [-0.39, 0.29) is 23.8 Å². The van der Waals surface area contributed by atoms with Crippen molar-refractivity contribution in [1.29, 1.82) is 0 Å². The lowest BCUT2D eigenvalue weighted by Gasteiger charge is -2.18. The number of nitrogens with two attached hydrogens (primary N) is 2. The molecule has 0 saturated heterocycles. The summed E-state index contributed by atoms with van der Waals surface area (Å²) in [5.74, 6) is 5.99. The number of hydrazine groups is 1. The van der Waals surface area contributed by atoms with Crippen LogP contribution in [0.3, 0.4) is 0 Å². The van der Waals surface area contributed by atoms with E-state index >= 15 is 0 Å². The smallest absolute Gasteiger partial charge is 0.251 e. The second-order valence-corrected chi connectivity index (χ2v) is 6.54. The third-order valence-corrected chi connectivity index (χ3v) is 3.75. The van der Waals surface area contributed by atoms with Crippen LogP contribution >= 0.6 is 0 Å². The van der Waals surface area contributed by atoms with E-state index in [2.05, 4.69) is 34.4 Å². The number of aliphatic imine (C=N–C) groups is 1. The van der Waals surface area contributed by atoms with Crippen LogP contribution in [0.15, 0.2) is 32.6 Å². The van der Waals surface area contributed by atoms with Crippen molar-refractivity contribution < 1.29 is 4.79 Å². The summed E-state index contributed by atoms with van der Waals surface area (Å²) in [6.07, 6.45) is 2.16. The largest absolute Gasteiger partial charge is 0.384 e. The molecular formula is C16H29N7O. The summed E-state index contributed by atoms with van der Waals surface area (Å²) >= 11 is 0. The Morgan fingerprint density at radius 2 is 1.92 bits per heavy atom. The molecule has 0 atom stereocenters. The van der Waals surface area contributed by atoms with Gasteiger partial charge in [0, 0.05) is 23.7 Å². The summed E-state index contributed by atoms with van der Waals surface area (Å²) in [6.45, 7) is 11.5. The molecule has 8 heteroatoms. The molecule has 0 unspecified atom stereocenters. The van der Waals surface area contributed by atoms with Gasteiger partial charge in [0.15, 0.2) is 0 Å². The molecule has 0 aliphatic heterocycles. The van der Waals surface area contributed by atoms with E-state index in [4.69, 9.17) is 11.6 Å². The van der Waals surface area contributed by atoms with Crippen LogP contribution in [0.4, 0.5) is 0 Å². The minimum Gasteiger partial charge on any atom is -0.384 e. The maximum absolute atomic E-state index is 12.6. The number of allylic oxidation sites excluding steroid dienone is 1. The molecule has 1 amide bonds. The normalized spacial score (nSPS) is 16.7.